The molecule has 1 fully saturated rings. The van der Waals surface area contributed by atoms with Crippen molar-refractivity contribution in [3.05, 3.63) is 28.2 Å². The van der Waals surface area contributed by atoms with E-state index < -0.39 is 0 Å². The number of nitrogens with two attached hydrogens (primary N) is 1. The van der Waals surface area contributed by atoms with Crippen LogP contribution in [0.15, 0.2) is 22.7 Å². The van der Waals surface area contributed by atoms with E-state index in [1.165, 1.54) is 17.7 Å². The molecule has 2 N–H and O–H groups in total. The average molecular weight is 283 g/mol. The van der Waals surface area contributed by atoms with Gasteiger partial charge in [-0.2, -0.15) is 0 Å². The van der Waals surface area contributed by atoms with Gasteiger partial charge in [0.05, 0.1) is 0 Å². The number of nitrogens with zero attached hydrogens (tertiary/aromatic N) is 1. The minimum Gasteiger partial charge on any atom is -0.369 e. The second-order valence-electron chi connectivity index (χ2n) is 4.82. The van der Waals surface area contributed by atoms with Crippen LogP contribution in [0.4, 0.5) is 5.69 Å². The van der Waals surface area contributed by atoms with Gasteiger partial charge in [-0.25, -0.2) is 0 Å². The van der Waals surface area contributed by atoms with Gasteiger partial charge >= 0.3 is 0 Å². The highest BCUT2D eigenvalue weighted by Crippen LogP contribution is 2.31. The predicted molar refractivity (Wildman–Crippen MR) is 72.6 cm³/mol. The topological polar surface area (TPSA) is 29.3 Å². The fourth-order valence-electron chi connectivity index (χ4n) is 2.54. The van der Waals surface area contributed by atoms with E-state index in [1.807, 2.05) is 0 Å². The van der Waals surface area contributed by atoms with Crippen LogP contribution >= 0.6 is 15.9 Å². The summed E-state index contributed by atoms with van der Waals surface area (Å²) in [7, 11) is 0. The number of rotatable bonds is 2. The molecule has 2 unspecified atom stereocenters. The lowest BCUT2D eigenvalue weighted by Crippen LogP contribution is -2.26. The van der Waals surface area contributed by atoms with Crippen LogP contribution in [0, 0.1) is 5.92 Å². The lowest BCUT2D eigenvalue weighted by Gasteiger charge is -2.24. The molecule has 88 valence electrons. The Bertz CT molecular complexity index is 378. The monoisotopic (exact) mass is 282 g/mol. The first-order valence-electron chi connectivity index (χ1n) is 5.87. The van der Waals surface area contributed by atoms with Crippen LogP contribution in [0.25, 0.3) is 0 Å². The molecule has 0 aromatic heterocycles. The zero-order valence-electron chi connectivity index (χ0n) is 9.91. The van der Waals surface area contributed by atoms with Gasteiger partial charge in [0.15, 0.2) is 0 Å². The summed E-state index contributed by atoms with van der Waals surface area (Å²) in [5.41, 5.74) is 8.14. The quantitative estimate of drug-likeness (QED) is 0.903. The summed E-state index contributed by atoms with van der Waals surface area (Å²) in [5.74, 6) is 0.794. The first kappa shape index (κ1) is 11.9. The van der Waals surface area contributed by atoms with E-state index in [9.17, 15) is 0 Å². The molecule has 1 aliphatic heterocycles. The minimum atomic E-state index is 0.590. The summed E-state index contributed by atoms with van der Waals surface area (Å²) >= 11 is 3.58. The van der Waals surface area contributed by atoms with Crippen LogP contribution in [0.2, 0.25) is 0 Å². The lowest BCUT2D eigenvalue weighted by atomic mass is 10.1. The number of halogens is 1. The molecule has 1 aromatic carbocycles. The molecule has 0 amide bonds. The summed E-state index contributed by atoms with van der Waals surface area (Å²) in [6.45, 7) is 6.37. The fourth-order valence-corrected chi connectivity index (χ4v) is 3.07. The van der Waals surface area contributed by atoms with Crippen molar-refractivity contribution in [3.8, 4) is 0 Å². The Morgan fingerprint density at radius 3 is 2.69 bits per heavy atom. The summed E-state index contributed by atoms with van der Waals surface area (Å²) in [5, 5.41) is 0. The second-order valence-corrected chi connectivity index (χ2v) is 5.68. The molecule has 1 aliphatic rings. The van der Waals surface area contributed by atoms with Crippen LogP contribution in [0.3, 0.4) is 0 Å². The maximum Gasteiger partial charge on any atom is 0.0380 e. The second kappa shape index (κ2) is 4.76. The van der Waals surface area contributed by atoms with Gasteiger partial charge in [0.1, 0.15) is 0 Å². The third-order valence-electron chi connectivity index (χ3n) is 3.37. The molecule has 1 saturated heterocycles. The maximum atomic E-state index is 5.66. The minimum absolute atomic E-state index is 0.590. The van der Waals surface area contributed by atoms with Crippen molar-refractivity contribution >= 4 is 21.6 Å². The first-order chi connectivity index (χ1) is 7.61. The van der Waals surface area contributed by atoms with E-state index in [0.29, 0.717) is 12.6 Å². The molecule has 16 heavy (non-hydrogen) atoms. The van der Waals surface area contributed by atoms with Crippen LogP contribution in [0.5, 0.6) is 0 Å². The van der Waals surface area contributed by atoms with E-state index in [4.69, 9.17) is 5.73 Å². The Hall–Kier alpha value is -0.540. The number of hydrogen-bond donors (Lipinski definition) is 1. The molecule has 0 spiro atoms. The Morgan fingerprint density at radius 2 is 2.19 bits per heavy atom. The van der Waals surface area contributed by atoms with E-state index in [-0.39, 0.29) is 0 Å². The molecule has 2 nitrogen and oxygen atoms in total. The molecule has 2 atom stereocenters. The lowest BCUT2D eigenvalue weighted by molar-refractivity contribution is 0.625. The van der Waals surface area contributed by atoms with E-state index in [0.717, 1.165) is 16.9 Å². The Morgan fingerprint density at radius 1 is 1.44 bits per heavy atom. The van der Waals surface area contributed by atoms with E-state index in [2.05, 4.69) is 52.9 Å². The molecular formula is C13H19BrN2. The highest BCUT2D eigenvalue weighted by atomic mass is 79.9. The van der Waals surface area contributed by atoms with Gasteiger partial charge in [-0.3, -0.25) is 0 Å². The SMILES string of the molecule is CC1CC(C)N(c2ccc(CN)c(Br)c2)C1. The van der Waals surface area contributed by atoms with Crippen molar-refractivity contribution < 1.29 is 0 Å². The average Bonchev–Trinajstić information content (AvgIpc) is 2.58. The molecule has 1 aromatic rings. The largest absolute Gasteiger partial charge is 0.369 e. The standard InChI is InChI=1S/C13H19BrN2/c1-9-5-10(2)16(8-9)12-4-3-11(7-15)13(14)6-12/h3-4,6,9-10H,5,7-8,15H2,1-2H3. The molecule has 0 saturated carbocycles. The summed E-state index contributed by atoms with van der Waals surface area (Å²) in [6, 6.07) is 7.14. The Kier molecular flexibility index (Phi) is 3.55. The third-order valence-corrected chi connectivity index (χ3v) is 4.11. The number of benzene rings is 1. The molecule has 0 radical (unpaired) electrons. The molecule has 0 aliphatic carbocycles. The van der Waals surface area contributed by atoms with Gasteiger partial charge in [0.2, 0.25) is 0 Å². The maximum absolute atomic E-state index is 5.66. The molecular weight excluding hydrogens is 264 g/mol. The number of anilines is 1. The van der Waals surface area contributed by atoms with Crippen LogP contribution < -0.4 is 10.6 Å². The Balaban J connectivity index is 2.24. The van der Waals surface area contributed by atoms with Gasteiger partial charge in [-0.15, -0.1) is 0 Å². The normalized spacial score (nSPS) is 25.1. The fraction of sp³-hybridized carbons (Fsp3) is 0.538. The highest BCUT2D eigenvalue weighted by Gasteiger charge is 2.26. The van der Waals surface area contributed by atoms with Gasteiger partial charge in [0, 0.05) is 29.3 Å². The van der Waals surface area contributed by atoms with E-state index in [1.54, 1.807) is 0 Å². The zero-order chi connectivity index (χ0) is 11.7. The molecule has 2 rings (SSSR count). The van der Waals surface area contributed by atoms with Crippen molar-refractivity contribution in [1.29, 1.82) is 0 Å². The summed E-state index contributed by atoms with van der Waals surface area (Å²) in [4.78, 5) is 2.48. The van der Waals surface area contributed by atoms with Crippen molar-refractivity contribution in [2.45, 2.75) is 32.9 Å². The third kappa shape index (κ3) is 2.25. The van der Waals surface area contributed by atoms with Gasteiger partial charge < -0.3 is 10.6 Å². The molecule has 1 heterocycles. The number of hydrogen-bond acceptors (Lipinski definition) is 2. The van der Waals surface area contributed by atoms with Gasteiger partial charge in [0.25, 0.3) is 0 Å². The summed E-state index contributed by atoms with van der Waals surface area (Å²) in [6.07, 6.45) is 1.29. The van der Waals surface area contributed by atoms with E-state index >= 15 is 0 Å². The Labute approximate surface area is 106 Å². The van der Waals surface area contributed by atoms with Crippen molar-refractivity contribution in [2.24, 2.45) is 11.7 Å². The molecule has 0 bridgehead atoms. The van der Waals surface area contributed by atoms with Crippen LogP contribution in [-0.2, 0) is 6.54 Å². The first-order valence-corrected chi connectivity index (χ1v) is 6.66. The summed E-state index contributed by atoms with van der Waals surface area (Å²) < 4.78 is 1.12. The van der Waals surface area contributed by atoms with Crippen molar-refractivity contribution in [1.82, 2.24) is 0 Å². The van der Waals surface area contributed by atoms with Crippen LogP contribution in [0.1, 0.15) is 25.8 Å². The van der Waals surface area contributed by atoms with Gasteiger partial charge in [-0.05, 0) is 37.0 Å². The zero-order valence-corrected chi connectivity index (χ0v) is 11.5. The molecule has 3 heteroatoms. The highest BCUT2D eigenvalue weighted by molar-refractivity contribution is 9.10. The van der Waals surface area contributed by atoms with Crippen molar-refractivity contribution in [3.63, 3.8) is 0 Å². The van der Waals surface area contributed by atoms with Crippen LogP contribution in [-0.4, -0.2) is 12.6 Å². The predicted octanol–water partition coefficient (Wildman–Crippen LogP) is 3.14. The smallest absolute Gasteiger partial charge is 0.0380 e. The van der Waals surface area contributed by atoms with Gasteiger partial charge in [-0.1, -0.05) is 28.9 Å². The van der Waals surface area contributed by atoms with Crippen molar-refractivity contribution in [2.75, 3.05) is 11.4 Å².